The van der Waals surface area contributed by atoms with Gasteiger partial charge in [0.2, 0.25) is 0 Å². The average molecular weight is 456 g/mol. The number of rotatable bonds is 3. The van der Waals surface area contributed by atoms with Crippen molar-refractivity contribution in [1.82, 2.24) is 19.3 Å². The molecule has 176 valence electrons. The lowest BCUT2D eigenvalue weighted by atomic mass is 9.92. The van der Waals surface area contributed by atoms with Gasteiger partial charge in [0, 0.05) is 49.2 Å². The first-order chi connectivity index (χ1) is 16.5. The average Bonchev–Trinajstić information content (AvgIpc) is 3.41. The molecule has 2 fully saturated rings. The molecule has 34 heavy (non-hydrogen) atoms. The van der Waals surface area contributed by atoms with Gasteiger partial charge in [-0.05, 0) is 81.5 Å². The number of Topliss-reactive ketones (excluding diaryl/α,β-unsaturated/α-hetero) is 1. The van der Waals surface area contributed by atoms with E-state index >= 15 is 0 Å². The van der Waals surface area contributed by atoms with Gasteiger partial charge in [0.15, 0.2) is 11.4 Å². The summed E-state index contributed by atoms with van der Waals surface area (Å²) < 4.78 is 1.99. The van der Waals surface area contributed by atoms with Crippen molar-refractivity contribution in [3.63, 3.8) is 0 Å². The molecule has 2 aliphatic heterocycles. The SMILES string of the molecule is CCN1CCC[C@@H]2CN(c3ccc4c(c3)CCC(=O)C(c3cn5cc(C)nc(C)c5n3)=C4)C[C@@H]21. The molecule has 0 spiro atoms. The van der Waals surface area contributed by atoms with Gasteiger partial charge in [0.05, 0.1) is 17.1 Å². The second-order valence-electron chi connectivity index (χ2n) is 10.2. The van der Waals surface area contributed by atoms with Crippen LogP contribution in [-0.2, 0) is 11.2 Å². The number of anilines is 1. The second kappa shape index (κ2) is 8.35. The van der Waals surface area contributed by atoms with Gasteiger partial charge in [-0.15, -0.1) is 0 Å². The van der Waals surface area contributed by atoms with E-state index in [-0.39, 0.29) is 5.78 Å². The number of hydrogen-bond donors (Lipinski definition) is 0. The number of allylic oxidation sites excluding steroid dienone is 1. The second-order valence-corrected chi connectivity index (χ2v) is 10.2. The highest BCUT2D eigenvalue weighted by atomic mass is 16.1. The van der Waals surface area contributed by atoms with Gasteiger partial charge in [0.1, 0.15) is 0 Å². The standard InChI is InChI=1S/C28H33N5O/c1-4-31-11-5-6-22-15-32(17-26(22)31)23-9-7-21-13-24(27(34)10-8-20(21)12-23)25-16-33-14-18(2)29-19(3)28(33)30-25/h7,9,12-14,16,22,26H,4-6,8,10-11,15,17H2,1-3H3/t22-,26+/m1/s1. The van der Waals surface area contributed by atoms with Crippen LogP contribution < -0.4 is 4.90 Å². The number of aromatic nitrogens is 3. The zero-order chi connectivity index (χ0) is 23.4. The summed E-state index contributed by atoms with van der Waals surface area (Å²) in [5.74, 6) is 0.937. The molecule has 4 heterocycles. The first-order valence-corrected chi connectivity index (χ1v) is 12.7. The number of nitrogens with zero attached hydrogens (tertiary/aromatic N) is 5. The third-order valence-electron chi connectivity index (χ3n) is 8.02. The van der Waals surface area contributed by atoms with Crippen LogP contribution in [-0.4, -0.2) is 57.3 Å². The number of likely N-dealkylation sites (tertiary alicyclic amines) is 1. The fraction of sp³-hybridized carbons (Fsp3) is 0.464. The Hall–Kier alpha value is -2.99. The summed E-state index contributed by atoms with van der Waals surface area (Å²) in [6.45, 7) is 10.9. The van der Waals surface area contributed by atoms with Gasteiger partial charge in [-0.2, -0.15) is 0 Å². The van der Waals surface area contributed by atoms with Crippen molar-refractivity contribution < 1.29 is 4.79 Å². The van der Waals surface area contributed by atoms with Gasteiger partial charge in [-0.25, -0.2) is 4.98 Å². The van der Waals surface area contributed by atoms with Crippen LogP contribution in [0.2, 0.25) is 0 Å². The van der Waals surface area contributed by atoms with Crippen LogP contribution in [0.3, 0.4) is 0 Å². The molecule has 0 bridgehead atoms. The molecule has 2 aromatic heterocycles. The van der Waals surface area contributed by atoms with E-state index in [1.807, 2.05) is 30.6 Å². The minimum Gasteiger partial charge on any atom is -0.370 e. The Kier molecular flexibility index (Phi) is 5.29. The third kappa shape index (κ3) is 3.65. The zero-order valence-corrected chi connectivity index (χ0v) is 20.4. The van der Waals surface area contributed by atoms with E-state index < -0.39 is 0 Å². The monoisotopic (exact) mass is 455 g/mol. The molecule has 0 saturated carbocycles. The van der Waals surface area contributed by atoms with Crippen LogP contribution in [0.15, 0.2) is 30.6 Å². The van der Waals surface area contributed by atoms with Crippen molar-refractivity contribution in [3.05, 3.63) is 58.8 Å². The van der Waals surface area contributed by atoms with E-state index in [4.69, 9.17) is 4.98 Å². The number of piperidine rings is 1. The number of benzene rings is 1. The van der Waals surface area contributed by atoms with Gasteiger partial charge in [0.25, 0.3) is 0 Å². The fourth-order valence-electron chi connectivity index (χ4n) is 6.29. The van der Waals surface area contributed by atoms with Crippen LogP contribution in [0.1, 0.15) is 54.4 Å². The van der Waals surface area contributed by atoms with E-state index in [1.165, 1.54) is 30.6 Å². The number of hydrogen-bond acceptors (Lipinski definition) is 5. The minimum atomic E-state index is 0.161. The van der Waals surface area contributed by atoms with Crippen LogP contribution in [0.4, 0.5) is 5.69 Å². The number of carbonyl (C=O) groups is 1. The van der Waals surface area contributed by atoms with Gasteiger partial charge >= 0.3 is 0 Å². The maximum absolute atomic E-state index is 13.1. The Morgan fingerprint density at radius 2 is 1.97 bits per heavy atom. The highest BCUT2D eigenvalue weighted by Crippen LogP contribution is 2.35. The lowest BCUT2D eigenvalue weighted by Gasteiger charge is -2.35. The maximum atomic E-state index is 13.1. The van der Waals surface area contributed by atoms with E-state index in [1.54, 1.807) is 0 Å². The molecule has 0 radical (unpaired) electrons. The Morgan fingerprint density at radius 1 is 1.09 bits per heavy atom. The number of ketones is 1. The molecule has 3 aromatic rings. The molecule has 2 atom stereocenters. The number of fused-ring (bicyclic) bond motifs is 3. The fourth-order valence-corrected chi connectivity index (χ4v) is 6.29. The molecule has 6 nitrogen and oxygen atoms in total. The summed E-state index contributed by atoms with van der Waals surface area (Å²) in [5, 5.41) is 0. The van der Waals surface area contributed by atoms with Crippen molar-refractivity contribution >= 4 is 28.8 Å². The molecule has 3 aliphatic rings. The highest BCUT2D eigenvalue weighted by molar-refractivity contribution is 6.25. The Balaban J connectivity index is 1.32. The van der Waals surface area contributed by atoms with E-state index in [0.29, 0.717) is 18.0 Å². The van der Waals surface area contributed by atoms with Crippen molar-refractivity contribution in [1.29, 1.82) is 0 Å². The molecule has 2 saturated heterocycles. The normalized spacial score (nSPS) is 23.1. The number of likely N-dealkylation sites (N-methyl/N-ethyl adjacent to an activating group) is 1. The molecule has 0 N–H and O–H groups in total. The molecular weight excluding hydrogens is 422 g/mol. The summed E-state index contributed by atoms with van der Waals surface area (Å²) in [4.78, 5) is 27.7. The molecule has 1 aliphatic carbocycles. The predicted molar refractivity (Wildman–Crippen MR) is 136 cm³/mol. The van der Waals surface area contributed by atoms with Crippen LogP contribution in [0.25, 0.3) is 17.3 Å². The molecule has 0 amide bonds. The molecular formula is C28H33N5O. The summed E-state index contributed by atoms with van der Waals surface area (Å²) in [7, 11) is 0. The first kappa shape index (κ1) is 21.5. The minimum absolute atomic E-state index is 0.161. The topological polar surface area (TPSA) is 53.7 Å². The molecule has 0 unspecified atom stereocenters. The predicted octanol–water partition coefficient (Wildman–Crippen LogP) is 4.32. The third-order valence-corrected chi connectivity index (χ3v) is 8.02. The van der Waals surface area contributed by atoms with E-state index in [9.17, 15) is 4.79 Å². The number of imidazole rings is 1. The van der Waals surface area contributed by atoms with Crippen molar-refractivity contribution in [2.45, 2.75) is 52.5 Å². The maximum Gasteiger partial charge on any atom is 0.165 e. The quantitative estimate of drug-likeness (QED) is 0.589. The molecule has 6 rings (SSSR count). The van der Waals surface area contributed by atoms with Gasteiger partial charge in [-0.3, -0.25) is 14.7 Å². The van der Waals surface area contributed by atoms with Gasteiger partial charge < -0.3 is 9.30 Å². The summed E-state index contributed by atoms with van der Waals surface area (Å²) >= 11 is 0. The summed E-state index contributed by atoms with van der Waals surface area (Å²) in [6, 6.07) is 7.46. The van der Waals surface area contributed by atoms with Crippen molar-refractivity contribution in [3.8, 4) is 0 Å². The van der Waals surface area contributed by atoms with Crippen LogP contribution in [0.5, 0.6) is 0 Å². The van der Waals surface area contributed by atoms with Crippen LogP contribution >= 0.6 is 0 Å². The number of carbonyl (C=O) groups excluding carboxylic acids is 1. The van der Waals surface area contributed by atoms with Gasteiger partial charge in [-0.1, -0.05) is 13.0 Å². The van der Waals surface area contributed by atoms with Crippen molar-refractivity contribution in [2.75, 3.05) is 31.1 Å². The molecule has 1 aromatic carbocycles. The Labute approximate surface area is 201 Å². The lowest BCUT2D eigenvalue weighted by molar-refractivity contribution is -0.113. The Morgan fingerprint density at radius 3 is 2.82 bits per heavy atom. The highest BCUT2D eigenvalue weighted by Gasteiger charge is 2.38. The number of aryl methyl sites for hydroxylation is 3. The summed E-state index contributed by atoms with van der Waals surface area (Å²) in [5.41, 5.74) is 7.78. The van der Waals surface area contributed by atoms with Crippen molar-refractivity contribution in [2.24, 2.45) is 5.92 Å². The summed E-state index contributed by atoms with van der Waals surface area (Å²) in [6.07, 6.45) is 9.93. The zero-order valence-electron chi connectivity index (χ0n) is 20.4. The van der Waals surface area contributed by atoms with E-state index in [2.05, 4.69) is 46.0 Å². The lowest BCUT2D eigenvalue weighted by Crippen LogP contribution is -2.44. The Bertz CT molecular complexity index is 1310. The van der Waals surface area contributed by atoms with Crippen LogP contribution in [0, 0.1) is 19.8 Å². The molecule has 6 heteroatoms. The first-order valence-electron chi connectivity index (χ1n) is 12.7. The van der Waals surface area contributed by atoms with E-state index in [0.717, 1.165) is 60.3 Å². The largest absolute Gasteiger partial charge is 0.370 e. The smallest absolute Gasteiger partial charge is 0.165 e.